The van der Waals surface area contributed by atoms with Crippen molar-refractivity contribution < 1.29 is 24.2 Å². The lowest BCUT2D eigenvalue weighted by Crippen LogP contribution is -2.43. The fraction of sp³-hybridized carbons (Fsp3) is 0.464. The molecule has 2 unspecified atom stereocenters. The quantitative estimate of drug-likeness (QED) is 0.459. The second-order valence-corrected chi connectivity index (χ2v) is 9.70. The Balaban J connectivity index is 1.34. The van der Waals surface area contributed by atoms with E-state index in [0.29, 0.717) is 13.0 Å². The third kappa shape index (κ3) is 6.02. The molecule has 1 fully saturated rings. The molecule has 35 heavy (non-hydrogen) atoms. The molecule has 7 heteroatoms. The fourth-order valence-corrected chi connectivity index (χ4v) is 5.31. The van der Waals surface area contributed by atoms with Gasteiger partial charge in [0, 0.05) is 24.9 Å². The maximum atomic E-state index is 12.8. The summed E-state index contributed by atoms with van der Waals surface area (Å²) < 4.78 is 5.70. The van der Waals surface area contributed by atoms with Gasteiger partial charge in [-0.25, -0.2) is 4.79 Å². The van der Waals surface area contributed by atoms with Gasteiger partial charge in [-0.1, -0.05) is 68.3 Å². The molecule has 7 nitrogen and oxygen atoms in total. The van der Waals surface area contributed by atoms with Crippen LogP contribution in [0.1, 0.15) is 62.5 Å². The van der Waals surface area contributed by atoms with Gasteiger partial charge >= 0.3 is 12.1 Å². The zero-order valence-corrected chi connectivity index (χ0v) is 20.2. The number of carboxylic acid groups (broad SMARTS) is 1. The first-order valence-corrected chi connectivity index (χ1v) is 12.5. The average Bonchev–Trinajstić information content (AvgIpc) is 3.49. The lowest BCUT2D eigenvalue weighted by molar-refractivity contribution is -0.141. The number of amides is 2. The average molecular weight is 479 g/mol. The lowest BCUT2D eigenvalue weighted by Gasteiger charge is -2.24. The topological polar surface area (TPSA) is 105 Å². The summed E-state index contributed by atoms with van der Waals surface area (Å²) in [5, 5.41) is 14.8. The highest BCUT2D eigenvalue weighted by Gasteiger charge is 2.31. The molecule has 2 aliphatic carbocycles. The number of alkyl carbamates (subject to hydrolysis) is 1. The Bertz CT molecular complexity index is 1020. The van der Waals surface area contributed by atoms with Gasteiger partial charge in [-0.15, -0.1) is 0 Å². The molecule has 3 N–H and O–H groups in total. The summed E-state index contributed by atoms with van der Waals surface area (Å²) in [6, 6.07) is 16.1. The van der Waals surface area contributed by atoms with E-state index in [1.807, 2.05) is 24.3 Å². The van der Waals surface area contributed by atoms with E-state index in [2.05, 4.69) is 34.9 Å². The first-order chi connectivity index (χ1) is 16.9. The first kappa shape index (κ1) is 24.8. The van der Waals surface area contributed by atoms with E-state index in [4.69, 9.17) is 9.84 Å². The van der Waals surface area contributed by atoms with Crippen LogP contribution in [0.5, 0.6) is 0 Å². The van der Waals surface area contributed by atoms with Gasteiger partial charge in [0.1, 0.15) is 6.61 Å². The summed E-state index contributed by atoms with van der Waals surface area (Å²) in [6.45, 7) is 2.15. The third-order valence-corrected chi connectivity index (χ3v) is 7.34. The molecule has 1 saturated carbocycles. The van der Waals surface area contributed by atoms with Gasteiger partial charge in [0.2, 0.25) is 5.91 Å². The van der Waals surface area contributed by atoms with Crippen LogP contribution in [-0.2, 0) is 14.3 Å². The maximum absolute atomic E-state index is 12.8. The second kappa shape index (κ2) is 11.4. The molecule has 2 amide bonds. The Morgan fingerprint density at radius 2 is 1.60 bits per heavy atom. The summed E-state index contributed by atoms with van der Waals surface area (Å²) in [7, 11) is 0. The molecule has 2 aromatic rings. The van der Waals surface area contributed by atoms with Crippen molar-refractivity contribution in [3.63, 3.8) is 0 Å². The van der Waals surface area contributed by atoms with Crippen LogP contribution in [0.15, 0.2) is 48.5 Å². The van der Waals surface area contributed by atoms with Crippen LogP contribution in [-0.4, -0.2) is 42.3 Å². The van der Waals surface area contributed by atoms with E-state index in [-0.39, 0.29) is 36.8 Å². The van der Waals surface area contributed by atoms with Gasteiger partial charge in [-0.2, -0.15) is 0 Å². The van der Waals surface area contributed by atoms with Crippen LogP contribution in [0.25, 0.3) is 11.1 Å². The Morgan fingerprint density at radius 3 is 2.20 bits per heavy atom. The fourth-order valence-electron chi connectivity index (χ4n) is 5.31. The highest BCUT2D eigenvalue weighted by atomic mass is 16.5. The highest BCUT2D eigenvalue weighted by molar-refractivity contribution is 5.79. The predicted molar refractivity (Wildman–Crippen MR) is 133 cm³/mol. The van der Waals surface area contributed by atoms with Crippen LogP contribution < -0.4 is 10.6 Å². The molecule has 2 aromatic carbocycles. The molecule has 2 aliphatic rings. The van der Waals surface area contributed by atoms with Crippen LogP contribution in [0.3, 0.4) is 0 Å². The predicted octanol–water partition coefficient (Wildman–Crippen LogP) is 4.70. The van der Waals surface area contributed by atoms with Crippen molar-refractivity contribution in [2.45, 2.75) is 57.4 Å². The largest absolute Gasteiger partial charge is 0.481 e. The number of benzene rings is 2. The molecule has 0 radical (unpaired) electrons. The Kier molecular flexibility index (Phi) is 8.06. The summed E-state index contributed by atoms with van der Waals surface area (Å²) in [6.07, 6.45) is 4.15. The van der Waals surface area contributed by atoms with Crippen molar-refractivity contribution in [1.29, 1.82) is 0 Å². The first-order valence-electron chi connectivity index (χ1n) is 12.5. The summed E-state index contributed by atoms with van der Waals surface area (Å²) >= 11 is 0. The van der Waals surface area contributed by atoms with E-state index >= 15 is 0 Å². The summed E-state index contributed by atoms with van der Waals surface area (Å²) in [5.41, 5.74) is 4.66. The molecular formula is C28H34N2O5. The molecule has 0 spiro atoms. The minimum absolute atomic E-state index is 0.0161. The van der Waals surface area contributed by atoms with Crippen molar-refractivity contribution >= 4 is 18.0 Å². The number of fused-ring (bicyclic) bond motifs is 3. The molecule has 0 heterocycles. The number of carboxylic acids is 1. The van der Waals surface area contributed by atoms with Crippen molar-refractivity contribution in [2.24, 2.45) is 11.8 Å². The van der Waals surface area contributed by atoms with Gasteiger partial charge in [0.15, 0.2) is 0 Å². The summed E-state index contributed by atoms with van der Waals surface area (Å²) in [4.78, 5) is 36.3. The number of hydrogen-bond donors (Lipinski definition) is 3. The molecule has 186 valence electrons. The second-order valence-electron chi connectivity index (χ2n) is 9.70. The number of nitrogens with one attached hydrogen (secondary N) is 2. The van der Waals surface area contributed by atoms with E-state index in [0.717, 1.165) is 36.8 Å². The van der Waals surface area contributed by atoms with E-state index < -0.39 is 18.0 Å². The third-order valence-electron chi connectivity index (χ3n) is 7.34. The number of carbonyl (C=O) groups excluding carboxylic acids is 2. The minimum Gasteiger partial charge on any atom is -0.481 e. The standard InChI is InChI=1S/C28H34N2O5/c1-18(27(32)33)14-15-29-26(31)16-25(19-8-2-3-9-19)30-28(34)35-17-24-22-12-6-4-10-20(22)21-11-5-7-13-23(21)24/h4-7,10-13,18-19,24-25H,2-3,8-9,14-17H2,1H3,(H,29,31)(H,30,34)(H,32,33). The normalized spacial score (nSPS) is 16.7. The zero-order chi connectivity index (χ0) is 24.8. The summed E-state index contributed by atoms with van der Waals surface area (Å²) in [5.74, 6) is -1.35. The number of aliphatic carboxylic acids is 1. The number of carbonyl (C=O) groups is 3. The van der Waals surface area contributed by atoms with Crippen molar-refractivity contribution in [2.75, 3.05) is 13.2 Å². The van der Waals surface area contributed by atoms with Gasteiger partial charge in [-0.05, 0) is 47.4 Å². The molecule has 0 aromatic heterocycles. The molecule has 0 aliphatic heterocycles. The maximum Gasteiger partial charge on any atom is 0.407 e. The SMILES string of the molecule is CC(CCNC(=O)CC(NC(=O)OCC1c2ccccc2-c2ccccc21)C1CCCC1)C(=O)O. The highest BCUT2D eigenvalue weighted by Crippen LogP contribution is 2.44. The van der Waals surface area contributed by atoms with Gasteiger partial charge in [0.05, 0.1) is 5.92 Å². The molecule has 0 bridgehead atoms. The number of hydrogen-bond acceptors (Lipinski definition) is 4. The van der Waals surface area contributed by atoms with Crippen molar-refractivity contribution in [3.05, 3.63) is 59.7 Å². The lowest BCUT2D eigenvalue weighted by atomic mass is 9.95. The van der Waals surface area contributed by atoms with Crippen LogP contribution in [0, 0.1) is 11.8 Å². The number of rotatable bonds is 10. The van der Waals surface area contributed by atoms with E-state index in [1.54, 1.807) is 6.92 Å². The molecular weight excluding hydrogens is 444 g/mol. The monoisotopic (exact) mass is 478 g/mol. The molecule has 4 rings (SSSR count). The Hall–Kier alpha value is -3.35. The smallest absolute Gasteiger partial charge is 0.407 e. The van der Waals surface area contributed by atoms with Crippen LogP contribution >= 0.6 is 0 Å². The van der Waals surface area contributed by atoms with Gasteiger partial charge in [0.25, 0.3) is 0 Å². The molecule has 2 atom stereocenters. The number of ether oxygens (including phenoxy) is 1. The van der Waals surface area contributed by atoms with Gasteiger partial charge in [-0.3, -0.25) is 9.59 Å². The van der Waals surface area contributed by atoms with Crippen molar-refractivity contribution in [3.8, 4) is 11.1 Å². The van der Waals surface area contributed by atoms with Crippen molar-refractivity contribution in [1.82, 2.24) is 10.6 Å². The minimum atomic E-state index is -0.875. The zero-order valence-electron chi connectivity index (χ0n) is 20.2. The van der Waals surface area contributed by atoms with Crippen LogP contribution in [0.4, 0.5) is 4.79 Å². The van der Waals surface area contributed by atoms with Crippen LogP contribution in [0.2, 0.25) is 0 Å². The molecule has 0 saturated heterocycles. The van der Waals surface area contributed by atoms with Gasteiger partial charge < -0.3 is 20.5 Å². The van der Waals surface area contributed by atoms with E-state index in [9.17, 15) is 14.4 Å². The Morgan fingerprint density at radius 1 is 1.00 bits per heavy atom. The Labute approximate surface area is 206 Å². The van der Waals surface area contributed by atoms with E-state index in [1.165, 1.54) is 11.1 Å².